The van der Waals surface area contributed by atoms with E-state index in [0.29, 0.717) is 17.2 Å². The number of carbonyl (C=O) groups is 3. The third kappa shape index (κ3) is 6.39. The van der Waals surface area contributed by atoms with Crippen LogP contribution in [0.1, 0.15) is 50.1 Å². The van der Waals surface area contributed by atoms with E-state index in [1.165, 1.54) is 0 Å². The molecule has 0 radical (unpaired) electrons. The van der Waals surface area contributed by atoms with Gasteiger partial charge in [-0.05, 0) is 20.8 Å². The van der Waals surface area contributed by atoms with Crippen LogP contribution in [-0.2, 0) is 52.9 Å². The number of aryl methyl sites for hydroxylation is 3. The summed E-state index contributed by atoms with van der Waals surface area (Å²) in [6.07, 6.45) is 0.955. The van der Waals surface area contributed by atoms with E-state index in [9.17, 15) is 14.4 Å². The predicted molar refractivity (Wildman–Crippen MR) is 150 cm³/mol. The Balaban J connectivity index is 1.88. The van der Waals surface area contributed by atoms with E-state index in [-0.39, 0.29) is 55.9 Å². The molecule has 3 aromatic rings. The molecule has 0 fully saturated rings. The van der Waals surface area contributed by atoms with Crippen LogP contribution in [0.4, 0.5) is 0 Å². The molecule has 0 aromatic heterocycles. The highest BCUT2D eigenvalue weighted by Gasteiger charge is 2.22. The standard InChI is InChI=1S/C33H36O6/c1-19-7-22-13-28(34)15-24-9-20(2)11-26(32(24)38-5)17-30(36)18-27-12-21(3)10-25(33(27)39-6)16-29(35)14-23(8-19)31(22)37-4/h7-12H,13-18H2,1-6H3. The van der Waals surface area contributed by atoms with Gasteiger partial charge >= 0.3 is 0 Å². The molecule has 0 N–H and O–H groups in total. The highest BCUT2D eigenvalue weighted by atomic mass is 16.5. The van der Waals surface area contributed by atoms with Gasteiger partial charge in [0.1, 0.15) is 34.6 Å². The van der Waals surface area contributed by atoms with Crippen molar-refractivity contribution in [2.45, 2.75) is 59.3 Å². The zero-order valence-corrected chi connectivity index (χ0v) is 23.7. The zero-order valence-electron chi connectivity index (χ0n) is 23.7. The summed E-state index contributed by atoms with van der Waals surface area (Å²) in [5.41, 5.74) is 7.40. The Bertz CT molecular complexity index is 1190. The Morgan fingerprint density at radius 1 is 0.410 bits per heavy atom. The molecule has 6 nitrogen and oxygen atoms in total. The number of ketones is 3. The summed E-state index contributed by atoms with van der Waals surface area (Å²) < 4.78 is 17.2. The number of benzene rings is 3. The first-order valence-electron chi connectivity index (χ1n) is 13.2. The predicted octanol–water partition coefficient (Wildman–Crippen LogP) is 5.01. The molecule has 6 bridgehead atoms. The Morgan fingerprint density at radius 2 is 0.590 bits per heavy atom. The Labute approximate surface area is 230 Å². The normalized spacial score (nSPS) is 14.5. The van der Waals surface area contributed by atoms with Gasteiger partial charge in [-0.3, -0.25) is 14.4 Å². The summed E-state index contributed by atoms with van der Waals surface area (Å²) in [6, 6.07) is 11.6. The van der Waals surface area contributed by atoms with Gasteiger partial charge < -0.3 is 14.2 Å². The molecule has 0 saturated heterocycles. The second-order valence-electron chi connectivity index (χ2n) is 10.5. The number of ether oxygens (including phenoxy) is 3. The number of carbonyl (C=O) groups excluding carboxylic acids is 3. The SMILES string of the molecule is COc1c2cc(C)cc1CC(=O)Cc1cc(C)cc(c1OC)CC(=O)Cc1cc(C)cc(c1OC)CC(=O)C2. The van der Waals surface area contributed by atoms with Crippen LogP contribution in [0, 0.1) is 20.8 Å². The molecule has 1 aliphatic carbocycles. The summed E-state index contributed by atoms with van der Waals surface area (Å²) in [4.78, 5) is 40.0. The van der Waals surface area contributed by atoms with Crippen molar-refractivity contribution in [3.8, 4) is 17.2 Å². The molecule has 0 heterocycles. The fourth-order valence-electron chi connectivity index (χ4n) is 5.82. The monoisotopic (exact) mass is 528 g/mol. The van der Waals surface area contributed by atoms with Gasteiger partial charge in [-0.1, -0.05) is 53.1 Å². The lowest BCUT2D eigenvalue weighted by molar-refractivity contribution is -0.118. The van der Waals surface area contributed by atoms with Gasteiger partial charge in [-0.25, -0.2) is 0 Å². The van der Waals surface area contributed by atoms with Crippen LogP contribution < -0.4 is 14.2 Å². The minimum atomic E-state index is -0.00587. The maximum atomic E-state index is 13.3. The highest BCUT2D eigenvalue weighted by Crippen LogP contribution is 2.33. The van der Waals surface area contributed by atoms with Crippen LogP contribution >= 0.6 is 0 Å². The van der Waals surface area contributed by atoms with E-state index in [2.05, 4.69) is 0 Å². The quantitative estimate of drug-likeness (QED) is 0.475. The van der Waals surface area contributed by atoms with E-state index in [0.717, 1.165) is 50.1 Å². The number of hydrogen-bond donors (Lipinski definition) is 0. The van der Waals surface area contributed by atoms with Gasteiger partial charge in [-0.2, -0.15) is 0 Å². The van der Waals surface area contributed by atoms with Crippen LogP contribution in [0.25, 0.3) is 0 Å². The number of methoxy groups -OCH3 is 3. The molecule has 0 amide bonds. The molecule has 6 heteroatoms. The van der Waals surface area contributed by atoms with Gasteiger partial charge in [0.05, 0.1) is 21.3 Å². The molecular weight excluding hydrogens is 492 g/mol. The van der Waals surface area contributed by atoms with E-state index in [1.807, 2.05) is 57.2 Å². The summed E-state index contributed by atoms with van der Waals surface area (Å²) in [7, 11) is 4.71. The van der Waals surface area contributed by atoms with Crippen LogP contribution in [0.5, 0.6) is 17.2 Å². The molecule has 1 aliphatic rings. The lowest BCUT2D eigenvalue weighted by atomic mass is 9.91. The minimum Gasteiger partial charge on any atom is -0.496 e. The van der Waals surface area contributed by atoms with Crippen LogP contribution in [0.2, 0.25) is 0 Å². The van der Waals surface area contributed by atoms with E-state index >= 15 is 0 Å². The average molecular weight is 529 g/mol. The summed E-state index contributed by atoms with van der Waals surface area (Å²) in [5, 5.41) is 0. The van der Waals surface area contributed by atoms with E-state index < -0.39 is 0 Å². The number of hydrogen-bond acceptors (Lipinski definition) is 6. The van der Waals surface area contributed by atoms with Crippen LogP contribution in [0.3, 0.4) is 0 Å². The van der Waals surface area contributed by atoms with Crippen LogP contribution in [0.15, 0.2) is 36.4 Å². The van der Waals surface area contributed by atoms with E-state index in [4.69, 9.17) is 14.2 Å². The Hall–Kier alpha value is -3.93. The molecule has 0 unspecified atom stereocenters. The van der Waals surface area contributed by atoms with Crippen molar-refractivity contribution in [3.63, 3.8) is 0 Å². The molecular formula is C33H36O6. The smallest absolute Gasteiger partial charge is 0.141 e. The lowest BCUT2D eigenvalue weighted by Gasteiger charge is -2.18. The fraction of sp³-hybridized carbons (Fsp3) is 0.364. The topological polar surface area (TPSA) is 78.9 Å². The van der Waals surface area contributed by atoms with Gasteiger partial charge in [0, 0.05) is 71.9 Å². The lowest BCUT2D eigenvalue weighted by Crippen LogP contribution is -2.15. The Kier molecular flexibility index (Phi) is 8.54. The maximum absolute atomic E-state index is 13.3. The maximum Gasteiger partial charge on any atom is 0.141 e. The molecule has 0 aliphatic heterocycles. The molecule has 4 rings (SSSR count). The third-order valence-electron chi connectivity index (χ3n) is 7.10. The fourth-order valence-corrected chi connectivity index (χ4v) is 5.82. The van der Waals surface area contributed by atoms with Gasteiger partial charge in [0.25, 0.3) is 0 Å². The van der Waals surface area contributed by atoms with Crippen molar-refractivity contribution < 1.29 is 28.6 Å². The number of Topliss-reactive ketones (excluding diaryl/α,β-unsaturated/α-hetero) is 3. The first-order chi connectivity index (χ1) is 18.6. The van der Waals surface area contributed by atoms with Gasteiger partial charge in [0.2, 0.25) is 0 Å². The van der Waals surface area contributed by atoms with Gasteiger partial charge in [-0.15, -0.1) is 0 Å². The molecule has 0 atom stereocenters. The van der Waals surface area contributed by atoms with Crippen molar-refractivity contribution in [3.05, 3.63) is 86.5 Å². The van der Waals surface area contributed by atoms with Crippen molar-refractivity contribution in [1.82, 2.24) is 0 Å². The zero-order chi connectivity index (χ0) is 28.3. The van der Waals surface area contributed by atoms with Crippen molar-refractivity contribution in [1.29, 1.82) is 0 Å². The average Bonchev–Trinajstić information content (AvgIpc) is 2.83. The van der Waals surface area contributed by atoms with Crippen LogP contribution in [-0.4, -0.2) is 38.7 Å². The molecule has 39 heavy (non-hydrogen) atoms. The minimum absolute atomic E-state index is 0.00587. The third-order valence-corrected chi connectivity index (χ3v) is 7.10. The molecule has 0 spiro atoms. The largest absolute Gasteiger partial charge is 0.496 e. The molecule has 0 saturated carbocycles. The first-order valence-corrected chi connectivity index (χ1v) is 13.2. The van der Waals surface area contributed by atoms with Crippen molar-refractivity contribution in [2.24, 2.45) is 0 Å². The number of rotatable bonds is 3. The van der Waals surface area contributed by atoms with Gasteiger partial charge in [0.15, 0.2) is 0 Å². The molecule has 204 valence electrons. The summed E-state index contributed by atoms with van der Waals surface area (Å²) in [6.45, 7) is 5.86. The molecule has 3 aromatic carbocycles. The highest BCUT2D eigenvalue weighted by molar-refractivity contribution is 5.88. The summed E-state index contributed by atoms with van der Waals surface area (Å²) in [5.74, 6) is 1.70. The van der Waals surface area contributed by atoms with Crippen molar-refractivity contribution in [2.75, 3.05) is 21.3 Å². The first kappa shape index (κ1) is 28.1. The summed E-state index contributed by atoms with van der Waals surface area (Å²) >= 11 is 0. The van der Waals surface area contributed by atoms with Crippen molar-refractivity contribution >= 4 is 17.3 Å². The van der Waals surface area contributed by atoms with E-state index in [1.54, 1.807) is 21.3 Å². The number of fused-ring (bicyclic) bond motifs is 6. The second kappa shape index (κ2) is 11.9. The Morgan fingerprint density at radius 3 is 0.744 bits per heavy atom. The second-order valence-corrected chi connectivity index (χ2v) is 10.5.